The second-order valence-corrected chi connectivity index (χ2v) is 6.54. The number of nitrogens with one attached hydrogen (secondary N) is 1. The molecule has 9 heteroatoms. The largest absolute Gasteiger partial charge is 0.477 e. The molecule has 0 saturated carbocycles. The lowest BCUT2D eigenvalue weighted by molar-refractivity contribution is -0.385. The fourth-order valence-corrected chi connectivity index (χ4v) is 2.58. The number of nitro benzene ring substituents is 1. The Bertz CT molecular complexity index is 1170. The quantitative estimate of drug-likeness (QED) is 0.134. The van der Waals surface area contributed by atoms with E-state index in [2.05, 4.69) is 10.5 Å². The van der Waals surface area contributed by atoms with Gasteiger partial charge in [-0.05, 0) is 47.5 Å². The van der Waals surface area contributed by atoms with E-state index in [-0.39, 0.29) is 11.4 Å². The first-order valence-electron chi connectivity index (χ1n) is 9.74. The van der Waals surface area contributed by atoms with Gasteiger partial charge in [0.1, 0.15) is 5.75 Å². The molecule has 0 radical (unpaired) electrons. The van der Waals surface area contributed by atoms with Gasteiger partial charge in [-0.25, -0.2) is 10.2 Å². The predicted molar refractivity (Wildman–Crippen MR) is 122 cm³/mol. The number of hydrazone groups is 1. The molecule has 0 fully saturated rings. The van der Waals surface area contributed by atoms with Gasteiger partial charge < -0.3 is 9.47 Å². The van der Waals surface area contributed by atoms with E-state index in [4.69, 9.17) is 9.47 Å². The normalized spacial score (nSPS) is 10.8. The van der Waals surface area contributed by atoms with E-state index in [0.717, 1.165) is 5.56 Å². The Labute approximate surface area is 189 Å². The van der Waals surface area contributed by atoms with Crippen LogP contribution in [0, 0.1) is 10.1 Å². The Morgan fingerprint density at radius 3 is 2.36 bits per heavy atom. The minimum absolute atomic E-state index is 0.00891. The van der Waals surface area contributed by atoms with Crippen molar-refractivity contribution >= 4 is 29.9 Å². The average molecular weight is 445 g/mol. The van der Waals surface area contributed by atoms with Crippen molar-refractivity contribution in [3.05, 3.63) is 106 Å². The molecule has 0 aliphatic carbocycles. The van der Waals surface area contributed by atoms with Gasteiger partial charge in [0.25, 0.3) is 5.91 Å². The minimum atomic E-state index is -0.591. The van der Waals surface area contributed by atoms with Crippen molar-refractivity contribution < 1.29 is 24.0 Å². The molecule has 3 aromatic rings. The summed E-state index contributed by atoms with van der Waals surface area (Å²) in [5.74, 6) is -0.742. The van der Waals surface area contributed by atoms with Crippen molar-refractivity contribution in [1.29, 1.82) is 0 Å². The van der Waals surface area contributed by atoms with Gasteiger partial charge >= 0.3 is 11.7 Å². The van der Waals surface area contributed by atoms with E-state index in [9.17, 15) is 19.7 Å². The van der Waals surface area contributed by atoms with E-state index in [0.29, 0.717) is 11.3 Å². The molecule has 0 spiro atoms. The van der Waals surface area contributed by atoms with Gasteiger partial charge in [0.05, 0.1) is 11.1 Å². The zero-order valence-corrected chi connectivity index (χ0v) is 17.3. The second kappa shape index (κ2) is 11.6. The first-order chi connectivity index (χ1) is 16.0. The van der Waals surface area contributed by atoms with Crippen molar-refractivity contribution in [1.82, 2.24) is 5.43 Å². The highest BCUT2D eigenvalue weighted by Gasteiger charge is 2.14. The van der Waals surface area contributed by atoms with Crippen molar-refractivity contribution in [2.24, 2.45) is 5.10 Å². The number of hydrogen-bond donors (Lipinski definition) is 1. The first-order valence-corrected chi connectivity index (χ1v) is 9.74. The van der Waals surface area contributed by atoms with Crippen LogP contribution >= 0.6 is 0 Å². The molecule has 1 amide bonds. The summed E-state index contributed by atoms with van der Waals surface area (Å²) in [6.45, 7) is -0.437. The van der Waals surface area contributed by atoms with Crippen LogP contribution in [0.25, 0.3) is 6.08 Å². The number of rotatable bonds is 9. The monoisotopic (exact) mass is 445 g/mol. The summed E-state index contributed by atoms with van der Waals surface area (Å²) in [6.07, 6.45) is 4.39. The number of esters is 1. The standard InChI is InChI=1S/C24H19N3O6/c28-23(17-32-22-9-5-4-8-21(22)27(30)31)26-25-16-19-10-13-20(14-11-19)33-24(29)15-12-18-6-2-1-3-7-18/h1-16H,17H2,(H,26,28). The molecule has 0 aliphatic rings. The van der Waals surface area contributed by atoms with E-state index in [1.807, 2.05) is 30.3 Å². The third kappa shape index (κ3) is 7.44. The van der Waals surface area contributed by atoms with E-state index >= 15 is 0 Å². The number of amides is 1. The molecule has 1 N–H and O–H groups in total. The second-order valence-electron chi connectivity index (χ2n) is 6.54. The fourth-order valence-electron chi connectivity index (χ4n) is 2.58. The molecule has 9 nitrogen and oxygen atoms in total. The predicted octanol–water partition coefficient (Wildman–Crippen LogP) is 3.74. The van der Waals surface area contributed by atoms with Crippen LogP contribution in [0.5, 0.6) is 11.5 Å². The maximum Gasteiger partial charge on any atom is 0.336 e. The van der Waals surface area contributed by atoms with Crippen LogP contribution in [0.4, 0.5) is 5.69 Å². The van der Waals surface area contributed by atoms with Gasteiger partial charge in [-0.15, -0.1) is 0 Å². The number of nitro groups is 1. The minimum Gasteiger partial charge on any atom is -0.477 e. The van der Waals surface area contributed by atoms with E-state index < -0.39 is 23.4 Å². The summed E-state index contributed by atoms with van der Waals surface area (Å²) < 4.78 is 10.4. The number of para-hydroxylation sites is 2. The molecule has 3 rings (SSSR count). The molecule has 166 valence electrons. The SMILES string of the molecule is O=C(COc1ccccc1[N+](=O)[O-])NN=Cc1ccc(OC(=O)C=Cc2ccccc2)cc1. The summed E-state index contributed by atoms with van der Waals surface area (Å²) in [6, 6.07) is 21.6. The lowest BCUT2D eigenvalue weighted by atomic mass is 10.2. The lowest BCUT2D eigenvalue weighted by Crippen LogP contribution is -2.24. The highest BCUT2D eigenvalue weighted by molar-refractivity contribution is 5.89. The highest BCUT2D eigenvalue weighted by Crippen LogP contribution is 2.25. The Balaban J connectivity index is 1.45. The topological polar surface area (TPSA) is 120 Å². The summed E-state index contributed by atoms with van der Waals surface area (Å²) in [7, 11) is 0. The van der Waals surface area contributed by atoms with Gasteiger partial charge in [-0.3, -0.25) is 14.9 Å². The zero-order valence-electron chi connectivity index (χ0n) is 17.3. The number of carbonyl (C=O) groups is 2. The van der Waals surface area contributed by atoms with E-state index in [1.165, 1.54) is 30.5 Å². The van der Waals surface area contributed by atoms with Crippen LogP contribution in [0.1, 0.15) is 11.1 Å². The average Bonchev–Trinajstić information content (AvgIpc) is 2.83. The van der Waals surface area contributed by atoms with E-state index in [1.54, 1.807) is 36.4 Å². The molecule has 0 heterocycles. The fraction of sp³-hybridized carbons (Fsp3) is 0.0417. The lowest BCUT2D eigenvalue weighted by Gasteiger charge is -2.05. The Morgan fingerprint density at radius 2 is 1.64 bits per heavy atom. The summed E-state index contributed by atoms with van der Waals surface area (Å²) in [4.78, 5) is 34.1. The Hall–Kier alpha value is -4.79. The van der Waals surface area contributed by atoms with Crippen LogP contribution in [0.3, 0.4) is 0 Å². The third-order valence-corrected chi connectivity index (χ3v) is 4.13. The van der Waals surface area contributed by atoms with Crippen LogP contribution in [0.15, 0.2) is 90.0 Å². The van der Waals surface area contributed by atoms with Gasteiger partial charge in [0, 0.05) is 12.1 Å². The van der Waals surface area contributed by atoms with Crippen LogP contribution < -0.4 is 14.9 Å². The molecule has 33 heavy (non-hydrogen) atoms. The maximum absolute atomic E-state index is 11.9. The van der Waals surface area contributed by atoms with Gasteiger partial charge in [0.15, 0.2) is 12.4 Å². The molecule has 0 aromatic heterocycles. The number of nitrogens with zero attached hydrogens (tertiary/aromatic N) is 2. The molecular weight excluding hydrogens is 426 g/mol. The van der Waals surface area contributed by atoms with Crippen LogP contribution in [-0.4, -0.2) is 29.6 Å². The summed E-state index contributed by atoms with van der Waals surface area (Å²) >= 11 is 0. The highest BCUT2D eigenvalue weighted by atomic mass is 16.6. The molecule has 0 bridgehead atoms. The molecule has 0 unspecified atom stereocenters. The van der Waals surface area contributed by atoms with Gasteiger partial charge in [-0.2, -0.15) is 5.10 Å². The smallest absolute Gasteiger partial charge is 0.336 e. The van der Waals surface area contributed by atoms with Crippen molar-refractivity contribution in [2.45, 2.75) is 0 Å². The summed E-state index contributed by atoms with van der Waals surface area (Å²) in [5.41, 5.74) is 3.57. The Morgan fingerprint density at radius 1 is 0.939 bits per heavy atom. The van der Waals surface area contributed by atoms with Crippen LogP contribution in [-0.2, 0) is 9.59 Å². The van der Waals surface area contributed by atoms with Gasteiger partial charge in [0.2, 0.25) is 0 Å². The molecule has 0 saturated heterocycles. The zero-order chi connectivity index (χ0) is 23.5. The van der Waals surface area contributed by atoms with Crippen molar-refractivity contribution in [3.8, 4) is 11.5 Å². The third-order valence-electron chi connectivity index (χ3n) is 4.13. The number of carbonyl (C=O) groups excluding carboxylic acids is 2. The number of benzene rings is 3. The van der Waals surface area contributed by atoms with Crippen molar-refractivity contribution in [2.75, 3.05) is 6.61 Å². The summed E-state index contributed by atoms with van der Waals surface area (Å²) in [5, 5.41) is 14.7. The maximum atomic E-state index is 11.9. The Kier molecular flexibility index (Phi) is 8.02. The molecule has 3 aromatic carbocycles. The molecular formula is C24H19N3O6. The van der Waals surface area contributed by atoms with Gasteiger partial charge in [-0.1, -0.05) is 42.5 Å². The number of hydrogen-bond acceptors (Lipinski definition) is 7. The first kappa shape index (κ1) is 22.9. The molecule has 0 aliphatic heterocycles. The molecule has 0 atom stereocenters. The van der Waals surface area contributed by atoms with Crippen molar-refractivity contribution in [3.63, 3.8) is 0 Å². The van der Waals surface area contributed by atoms with Crippen LogP contribution in [0.2, 0.25) is 0 Å². The number of ether oxygens (including phenoxy) is 2.